The Morgan fingerprint density at radius 1 is 1.15 bits per heavy atom. The van der Waals surface area contributed by atoms with Gasteiger partial charge in [0, 0.05) is 16.9 Å². The average molecular weight is 367 g/mol. The van der Waals surface area contributed by atoms with Gasteiger partial charge in [-0.25, -0.2) is 4.39 Å². The van der Waals surface area contributed by atoms with Crippen molar-refractivity contribution in [2.24, 2.45) is 0 Å². The van der Waals surface area contributed by atoms with Crippen LogP contribution in [0.2, 0.25) is 0 Å². The number of rotatable bonds is 3. The summed E-state index contributed by atoms with van der Waals surface area (Å²) in [7, 11) is 1.39. The summed E-state index contributed by atoms with van der Waals surface area (Å²) in [4.78, 5) is 13.9. The number of benzene rings is 2. The molecule has 0 radical (unpaired) electrons. The minimum Gasteiger partial charge on any atom is -0.468 e. The molecule has 1 aliphatic carbocycles. The van der Waals surface area contributed by atoms with E-state index in [1.54, 1.807) is 13.0 Å². The molecule has 26 heavy (non-hydrogen) atoms. The third-order valence-electron chi connectivity index (χ3n) is 5.22. The molecule has 1 heterocycles. The lowest BCUT2D eigenvalue weighted by Crippen LogP contribution is -2.39. The van der Waals surface area contributed by atoms with Gasteiger partial charge >= 0.3 is 5.97 Å². The number of fused-ring (bicyclic) bond motifs is 1. The molecule has 132 valence electrons. The van der Waals surface area contributed by atoms with E-state index < -0.39 is 5.41 Å². The van der Waals surface area contributed by atoms with E-state index in [0.29, 0.717) is 24.0 Å². The van der Waals surface area contributed by atoms with E-state index in [2.05, 4.69) is 4.37 Å². The van der Waals surface area contributed by atoms with Crippen LogP contribution in [0.15, 0.2) is 48.5 Å². The molecule has 0 saturated carbocycles. The molecule has 4 rings (SSSR count). The first kappa shape index (κ1) is 16.9. The van der Waals surface area contributed by atoms with E-state index >= 15 is 0 Å². The van der Waals surface area contributed by atoms with Crippen LogP contribution in [0, 0.1) is 12.7 Å². The standard InChI is InChI=1S/C21H18FNO2S/c1-13-16(9-6-10-17(13)22)21(20(24)25-2)11-15-18(12-21)26-23-19(15)14-7-4-3-5-8-14/h3-10H,11-12H2,1-2H3/t21-/m1/s1. The van der Waals surface area contributed by atoms with Crippen molar-refractivity contribution in [2.45, 2.75) is 25.2 Å². The molecule has 2 aromatic carbocycles. The molecule has 0 saturated heterocycles. The zero-order valence-electron chi connectivity index (χ0n) is 14.6. The molecule has 0 bridgehead atoms. The highest BCUT2D eigenvalue weighted by molar-refractivity contribution is 7.06. The number of nitrogens with zero attached hydrogens (tertiary/aromatic N) is 1. The van der Waals surface area contributed by atoms with Crippen LogP contribution in [-0.4, -0.2) is 17.5 Å². The molecule has 1 atom stereocenters. The molecule has 3 nitrogen and oxygen atoms in total. The van der Waals surface area contributed by atoms with E-state index in [1.807, 2.05) is 36.4 Å². The van der Waals surface area contributed by atoms with E-state index in [-0.39, 0.29) is 11.8 Å². The van der Waals surface area contributed by atoms with Gasteiger partial charge in [0.2, 0.25) is 0 Å². The van der Waals surface area contributed by atoms with Crippen LogP contribution in [0.4, 0.5) is 4.39 Å². The quantitative estimate of drug-likeness (QED) is 0.641. The summed E-state index contributed by atoms with van der Waals surface area (Å²) in [5, 5.41) is 0. The van der Waals surface area contributed by atoms with Gasteiger partial charge in [0.25, 0.3) is 0 Å². The summed E-state index contributed by atoms with van der Waals surface area (Å²) in [6, 6.07) is 14.9. The zero-order valence-corrected chi connectivity index (χ0v) is 15.4. The maximum absolute atomic E-state index is 14.2. The SMILES string of the molecule is COC(=O)[C@@]1(c2cccc(F)c2C)Cc2snc(-c3ccccc3)c2C1. The van der Waals surface area contributed by atoms with Gasteiger partial charge in [0.05, 0.1) is 12.8 Å². The monoisotopic (exact) mass is 367 g/mol. The van der Waals surface area contributed by atoms with Crippen LogP contribution in [-0.2, 0) is 27.8 Å². The Labute approximate surface area is 155 Å². The predicted molar refractivity (Wildman–Crippen MR) is 99.8 cm³/mol. The Balaban J connectivity index is 1.85. The number of methoxy groups -OCH3 is 1. The Hall–Kier alpha value is -2.53. The Bertz CT molecular complexity index is 983. The maximum atomic E-state index is 14.2. The van der Waals surface area contributed by atoms with E-state index in [9.17, 15) is 9.18 Å². The highest BCUT2D eigenvalue weighted by Crippen LogP contribution is 2.47. The van der Waals surface area contributed by atoms with Gasteiger partial charge in [-0.05, 0) is 47.6 Å². The van der Waals surface area contributed by atoms with Crippen LogP contribution < -0.4 is 0 Å². The number of hydrogen-bond donors (Lipinski definition) is 0. The number of halogens is 1. The van der Waals surface area contributed by atoms with E-state index in [4.69, 9.17) is 4.74 Å². The molecule has 0 N–H and O–H groups in total. The third-order valence-corrected chi connectivity index (χ3v) is 6.10. The number of carbonyl (C=O) groups excluding carboxylic acids is 1. The van der Waals surface area contributed by atoms with Crippen LogP contribution >= 0.6 is 11.5 Å². The Morgan fingerprint density at radius 3 is 2.65 bits per heavy atom. The number of ether oxygens (including phenoxy) is 1. The van der Waals surface area contributed by atoms with Crippen molar-refractivity contribution in [3.8, 4) is 11.3 Å². The van der Waals surface area contributed by atoms with Gasteiger partial charge in [-0.1, -0.05) is 42.5 Å². The van der Waals surface area contributed by atoms with Crippen molar-refractivity contribution in [3.05, 3.63) is 75.9 Å². The summed E-state index contributed by atoms with van der Waals surface area (Å²) in [6.07, 6.45) is 0.962. The minimum atomic E-state index is -0.894. The van der Waals surface area contributed by atoms with Crippen molar-refractivity contribution in [2.75, 3.05) is 7.11 Å². The highest BCUT2D eigenvalue weighted by atomic mass is 32.1. The molecule has 0 fully saturated rings. The average Bonchev–Trinajstić information content (AvgIpc) is 3.22. The fourth-order valence-corrected chi connectivity index (χ4v) is 4.90. The zero-order chi connectivity index (χ0) is 18.3. The second-order valence-corrected chi connectivity index (χ2v) is 7.50. The Morgan fingerprint density at radius 2 is 1.92 bits per heavy atom. The van der Waals surface area contributed by atoms with Crippen LogP contribution in [0.5, 0.6) is 0 Å². The number of carbonyl (C=O) groups is 1. The molecular weight excluding hydrogens is 349 g/mol. The van der Waals surface area contributed by atoms with Gasteiger partial charge < -0.3 is 4.74 Å². The normalized spacial score (nSPS) is 18.6. The number of aromatic nitrogens is 1. The van der Waals surface area contributed by atoms with Gasteiger partial charge in [-0.2, -0.15) is 4.37 Å². The summed E-state index contributed by atoms with van der Waals surface area (Å²) >= 11 is 1.42. The van der Waals surface area contributed by atoms with E-state index in [0.717, 1.165) is 21.7 Å². The predicted octanol–water partition coefficient (Wildman–Crippen LogP) is 4.47. The first-order chi connectivity index (χ1) is 12.6. The largest absolute Gasteiger partial charge is 0.468 e. The summed E-state index contributed by atoms with van der Waals surface area (Å²) in [5.41, 5.74) is 3.31. The first-order valence-corrected chi connectivity index (χ1v) is 9.21. The molecule has 3 aromatic rings. The minimum absolute atomic E-state index is 0.303. The topological polar surface area (TPSA) is 39.2 Å². The second-order valence-electron chi connectivity index (χ2n) is 6.64. The van der Waals surface area contributed by atoms with Crippen molar-refractivity contribution < 1.29 is 13.9 Å². The van der Waals surface area contributed by atoms with Crippen molar-refractivity contribution in [1.82, 2.24) is 4.37 Å². The second kappa shape index (κ2) is 6.32. The summed E-state index contributed by atoms with van der Waals surface area (Å²) in [5.74, 6) is -0.629. The molecule has 5 heteroatoms. The molecule has 1 aromatic heterocycles. The summed E-state index contributed by atoms with van der Waals surface area (Å²) in [6.45, 7) is 1.72. The van der Waals surface area contributed by atoms with Gasteiger partial charge in [-0.15, -0.1) is 0 Å². The molecule has 0 unspecified atom stereocenters. The fraction of sp³-hybridized carbons (Fsp3) is 0.238. The lowest BCUT2D eigenvalue weighted by atomic mass is 9.75. The van der Waals surface area contributed by atoms with Gasteiger partial charge in [-0.3, -0.25) is 4.79 Å². The lowest BCUT2D eigenvalue weighted by Gasteiger charge is -2.28. The third kappa shape index (κ3) is 2.46. The number of hydrogen-bond acceptors (Lipinski definition) is 4. The van der Waals surface area contributed by atoms with Gasteiger partial charge in [0.1, 0.15) is 11.2 Å². The molecule has 0 amide bonds. The first-order valence-electron chi connectivity index (χ1n) is 8.43. The van der Waals surface area contributed by atoms with Gasteiger partial charge in [0.15, 0.2) is 0 Å². The smallest absolute Gasteiger partial charge is 0.317 e. The highest BCUT2D eigenvalue weighted by Gasteiger charge is 2.49. The van der Waals surface area contributed by atoms with Crippen molar-refractivity contribution in [3.63, 3.8) is 0 Å². The van der Waals surface area contributed by atoms with Crippen LogP contribution in [0.3, 0.4) is 0 Å². The van der Waals surface area contributed by atoms with Crippen LogP contribution in [0.25, 0.3) is 11.3 Å². The fourth-order valence-electron chi connectivity index (χ4n) is 3.89. The van der Waals surface area contributed by atoms with Crippen molar-refractivity contribution in [1.29, 1.82) is 0 Å². The van der Waals surface area contributed by atoms with Crippen LogP contribution in [0.1, 0.15) is 21.6 Å². The summed E-state index contributed by atoms with van der Waals surface area (Å²) < 4.78 is 24.0. The lowest BCUT2D eigenvalue weighted by molar-refractivity contribution is -0.147. The van der Waals surface area contributed by atoms with E-state index in [1.165, 1.54) is 24.7 Å². The molecular formula is C21H18FNO2S. The number of esters is 1. The molecule has 0 aliphatic heterocycles. The maximum Gasteiger partial charge on any atom is 0.317 e. The Kier molecular flexibility index (Phi) is 4.11. The molecule has 1 aliphatic rings. The van der Waals surface area contributed by atoms with Crippen molar-refractivity contribution >= 4 is 17.5 Å². The molecule has 0 spiro atoms.